The average Bonchev–Trinajstić information content (AvgIpc) is 2.84. The summed E-state index contributed by atoms with van der Waals surface area (Å²) in [6.07, 6.45) is 1.72. The van der Waals surface area contributed by atoms with Crippen molar-refractivity contribution in [1.29, 1.82) is 0 Å². The van der Waals surface area contributed by atoms with Gasteiger partial charge < -0.3 is 0 Å². The zero-order chi connectivity index (χ0) is 12.5. The number of ketones is 1. The van der Waals surface area contributed by atoms with E-state index in [4.69, 9.17) is 0 Å². The van der Waals surface area contributed by atoms with E-state index in [0.29, 0.717) is 5.56 Å². The minimum atomic E-state index is 0.0402. The molecule has 3 aromatic rings. The largest absolute Gasteiger partial charge is 0.288 e. The van der Waals surface area contributed by atoms with Gasteiger partial charge in [0, 0.05) is 28.1 Å². The predicted octanol–water partition coefficient (Wildman–Crippen LogP) is 4.13. The number of halogens is 1. The molecule has 4 heteroatoms. The fourth-order valence-electron chi connectivity index (χ4n) is 1.87. The van der Waals surface area contributed by atoms with Gasteiger partial charge in [0.1, 0.15) is 0 Å². The van der Waals surface area contributed by atoms with Crippen molar-refractivity contribution in [3.63, 3.8) is 0 Å². The Morgan fingerprint density at radius 3 is 2.83 bits per heavy atom. The van der Waals surface area contributed by atoms with Crippen LogP contribution >= 0.6 is 33.9 Å². The topological polar surface area (TPSA) is 30.0 Å². The molecule has 0 spiro atoms. The predicted molar refractivity (Wildman–Crippen MR) is 82.2 cm³/mol. The maximum Gasteiger partial charge on any atom is 0.196 e. The summed E-state index contributed by atoms with van der Waals surface area (Å²) in [6, 6.07) is 11.5. The van der Waals surface area contributed by atoms with Crippen molar-refractivity contribution < 1.29 is 4.79 Å². The quantitative estimate of drug-likeness (QED) is 0.505. The fraction of sp³-hybridized carbons (Fsp3) is 0. The summed E-state index contributed by atoms with van der Waals surface area (Å²) in [6.45, 7) is 0. The zero-order valence-corrected chi connectivity index (χ0v) is 12.2. The molecule has 0 fully saturated rings. The van der Waals surface area contributed by atoms with E-state index in [-0.39, 0.29) is 5.78 Å². The van der Waals surface area contributed by atoms with E-state index >= 15 is 0 Å². The van der Waals surface area contributed by atoms with Gasteiger partial charge in [-0.15, -0.1) is 11.3 Å². The Morgan fingerprint density at radius 2 is 2.06 bits per heavy atom. The van der Waals surface area contributed by atoms with E-state index in [1.54, 1.807) is 17.5 Å². The second-order valence-corrected chi connectivity index (χ2v) is 6.65. The molecule has 88 valence electrons. The van der Waals surface area contributed by atoms with Crippen LogP contribution in [0.5, 0.6) is 0 Å². The number of hydrogen-bond acceptors (Lipinski definition) is 3. The van der Waals surface area contributed by atoms with Gasteiger partial charge in [0.25, 0.3) is 0 Å². The van der Waals surface area contributed by atoms with E-state index in [0.717, 1.165) is 19.4 Å². The van der Waals surface area contributed by atoms with Gasteiger partial charge in [0.2, 0.25) is 0 Å². The molecule has 0 amide bonds. The number of thiophene rings is 1. The van der Waals surface area contributed by atoms with E-state index in [2.05, 4.69) is 27.6 Å². The molecule has 0 radical (unpaired) electrons. The number of fused-ring (bicyclic) bond motifs is 1. The Bertz CT molecular complexity index is 730. The van der Waals surface area contributed by atoms with Gasteiger partial charge in [-0.2, -0.15) is 0 Å². The third-order valence-electron chi connectivity index (χ3n) is 2.71. The van der Waals surface area contributed by atoms with Crippen LogP contribution in [0.1, 0.15) is 15.9 Å². The van der Waals surface area contributed by atoms with E-state index < -0.39 is 0 Å². The van der Waals surface area contributed by atoms with E-state index in [1.807, 2.05) is 41.8 Å². The molecule has 0 atom stereocenters. The molecule has 0 aliphatic heterocycles. The number of hydrogen-bond donors (Lipinski definition) is 0. The number of rotatable bonds is 2. The first-order chi connectivity index (χ1) is 8.75. The lowest BCUT2D eigenvalue weighted by atomic mass is 10.0. The summed E-state index contributed by atoms with van der Waals surface area (Å²) in [4.78, 5) is 16.8. The maximum absolute atomic E-state index is 12.4. The highest BCUT2D eigenvalue weighted by Crippen LogP contribution is 2.23. The van der Waals surface area contributed by atoms with Crippen molar-refractivity contribution in [3.8, 4) is 0 Å². The summed E-state index contributed by atoms with van der Waals surface area (Å²) in [5, 5.41) is 2.89. The molecule has 2 nitrogen and oxygen atoms in total. The Kier molecular flexibility index (Phi) is 3.13. The number of nitrogens with zero attached hydrogens (tertiary/aromatic N) is 1. The molecule has 1 aromatic carbocycles. The van der Waals surface area contributed by atoms with Crippen molar-refractivity contribution in [1.82, 2.24) is 4.98 Å². The Hall–Kier alpha value is -1.27. The molecule has 0 N–H and O–H groups in total. The maximum atomic E-state index is 12.4. The Morgan fingerprint density at radius 1 is 1.22 bits per heavy atom. The molecule has 0 unspecified atom stereocenters. The van der Waals surface area contributed by atoms with Crippen molar-refractivity contribution in [3.05, 3.63) is 62.0 Å². The monoisotopic (exact) mass is 365 g/mol. The molecule has 2 heterocycles. The van der Waals surface area contributed by atoms with Crippen LogP contribution in [0.2, 0.25) is 0 Å². The SMILES string of the molecule is O=C(c1csc(I)c1)c1cccc2cccnc12. The van der Waals surface area contributed by atoms with Gasteiger partial charge in [0.05, 0.1) is 8.40 Å². The third-order valence-corrected chi connectivity index (χ3v) is 4.50. The minimum absolute atomic E-state index is 0.0402. The summed E-state index contributed by atoms with van der Waals surface area (Å²) >= 11 is 3.80. The number of pyridine rings is 1. The van der Waals surface area contributed by atoms with E-state index in [1.165, 1.54) is 0 Å². The molecule has 0 aliphatic rings. The summed E-state index contributed by atoms with van der Waals surface area (Å²) in [7, 11) is 0. The molecule has 18 heavy (non-hydrogen) atoms. The van der Waals surface area contributed by atoms with Crippen LogP contribution in [-0.2, 0) is 0 Å². The summed E-state index contributed by atoms with van der Waals surface area (Å²) in [5.41, 5.74) is 2.18. The molecule has 0 aliphatic carbocycles. The smallest absolute Gasteiger partial charge is 0.196 e. The van der Waals surface area contributed by atoms with Crippen molar-refractivity contribution in [2.75, 3.05) is 0 Å². The van der Waals surface area contributed by atoms with Crippen molar-refractivity contribution >= 4 is 50.6 Å². The number of benzene rings is 1. The van der Waals surface area contributed by atoms with Gasteiger partial charge in [0.15, 0.2) is 5.78 Å². The van der Waals surface area contributed by atoms with Crippen LogP contribution in [-0.4, -0.2) is 10.8 Å². The van der Waals surface area contributed by atoms with Crippen LogP contribution in [0.4, 0.5) is 0 Å². The first-order valence-corrected chi connectivity index (χ1v) is 7.34. The Balaban J connectivity index is 2.17. The third kappa shape index (κ3) is 2.06. The van der Waals surface area contributed by atoms with Crippen LogP contribution in [0.25, 0.3) is 10.9 Å². The van der Waals surface area contributed by atoms with Crippen LogP contribution < -0.4 is 0 Å². The first kappa shape index (κ1) is 11.8. The number of para-hydroxylation sites is 1. The van der Waals surface area contributed by atoms with Crippen LogP contribution in [0, 0.1) is 2.88 Å². The summed E-state index contributed by atoms with van der Waals surface area (Å²) < 4.78 is 1.11. The number of carbonyl (C=O) groups excluding carboxylic acids is 1. The normalized spacial score (nSPS) is 10.7. The molecular formula is C14H8INOS. The second-order valence-electron chi connectivity index (χ2n) is 3.85. The lowest BCUT2D eigenvalue weighted by Crippen LogP contribution is -2.01. The highest BCUT2D eigenvalue weighted by atomic mass is 127. The molecule has 0 saturated heterocycles. The molecule has 0 bridgehead atoms. The van der Waals surface area contributed by atoms with Crippen LogP contribution in [0.3, 0.4) is 0 Å². The van der Waals surface area contributed by atoms with E-state index in [9.17, 15) is 4.79 Å². The molecule has 3 rings (SSSR count). The number of carbonyl (C=O) groups is 1. The van der Waals surface area contributed by atoms with Crippen molar-refractivity contribution in [2.24, 2.45) is 0 Å². The van der Waals surface area contributed by atoms with Gasteiger partial charge in [-0.1, -0.05) is 18.2 Å². The van der Waals surface area contributed by atoms with Gasteiger partial charge in [-0.25, -0.2) is 0 Å². The summed E-state index contributed by atoms with van der Waals surface area (Å²) in [5.74, 6) is 0.0402. The highest BCUT2D eigenvalue weighted by Gasteiger charge is 2.14. The first-order valence-electron chi connectivity index (χ1n) is 5.38. The highest BCUT2D eigenvalue weighted by molar-refractivity contribution is 14.1. The minimum Gasteiger partial charge on any atom is -0.288 e. The van der Waals surface area contributed by atoms with Gasteiger partial charge >= 0.3 is 0 Å². The zero-order valence-electron chi connectivity index (χ0n) is 9.26. The standard InChI is InChI=1S/C14H8INOS/c15-12-7-10(8-18-12)14(17)11-5-1-3-9-4-2-6-16-13(9)11/h1-8H. The number of aromatic nitrogens is 1. The molecule has 0 saturated carbocycles. The molecule has 2 aromatic heterocycles. The lowest BCUT2D eigenvalue weighted by Gasteiger charge is -2.03. The second kappa shape index (κ2) is 4.78. The Labute approximate surface area is 122 Å². The van der Waals surface area contributed by atoms with Gasteiger partial charge in [-0.3, -0.25) is 9.78 Å². The van der Waals surface area contributed by atoms with Crippen molar-refractivity contribution in [2.45, 2.75) is 0 Å². The van der Waals surface area contributed by atoms with Gasteiger partial charge in [-0.05, 0) is 40.8 Å². The molecular weight excluding hydrogens is 357 g/mol. The average molecular weight is 365 g/mol. The lowest BCUT2D eigenvalue weighted by molar-refractivity contribution is 0.104. The van der Waals surface area contributed by atoms with Crippen LogP contribution in [0.15, 0.2) is 48.0 Å². The fourth-order valence-corrected chi connectivity index (χ4v) is 3.20.